The van der Waals surface area contributed by atoms with E-state index in [-0.39, 0.29) is 10.8 Å². The van der Waals surface area contributed by atoms with Crippen LogP contribution in [-0.4, -0.2) is 51.4 Å². The Balaban J connectivity index is 1.60. The molecule has 2 aromatic carbocycles. The van der Waals surface area contributed by atoms with Gasteiger partial charge in [0.25, 0.3) is 0 Å². The molecule has 0 unspecified atom stereocenters. The second-order valence-corrected chi connectivity index (χ2v) is 9.18. The minimum absolute atomic E-state index is 0.0328. The Labute approximate surface area is 175 Å². The Hall–Kier alpha value is -1.80. The van der Waals surface area contributed by atoms with Crippen LogP contribution in [0, 0.1) is 0 Å². The van der Waals surface area contributed by atoms with Gasteiger partial charge in [-0.2, -0.15) is 4.72 Å². The topological polar surface area (TPSA) is 69.7 Å². The Bertz CT molecular complexity index is 960. The Morgan fingerprint density at radius 1 is 1.00 bits per heavy atom. The van der Waals surface area contributed by atoms with Crippen molar-refractivity contribution in [3.8, 4) is 0 Å². The van der Waals surface area contributed by atoms with E-state index in [1.807, 2.05) is 24.3 Å². The lowest BCUT2D eigenvalue weighted by molar-refractivity contribution is -0.132. The molecule has 2 aromatic rings. The molecule has 0 spiro atoms. The van der Waals surface area contributed by atoms with Crippen LogP contribution in [0.4, 0.5) is 5.69 Å². The lowest BCUT2D eigenvalue weighted by Crippen LogP contribution is -2.54. The molecule has 0 saturated carbocycles. The fraction of sp³-hybridized carbons (Fsp3) is 0.316. The average molecular weight is 442 g/mol. The summed E-state index contributed by atoms with van der Waals surface area (Å²) >= 11 is 11.9. The van der Waals surface area contributed by atoms with Gasteiger partial charge in [-0.3, -0.25) is 4.79 Å². The summed E-state index contributed by atoms with van der Waals surface area (Å²) < 4.78 is 27.4. The third-order valence-corrected chi connectivity index (χ3v) is 6.58. The van der Waals surface area contributed by atoms with Gasteiger partial charge in [0.2, 0.25) is 15.9 Å². The standard InChI is InChI=1S/C19H21Cl2N3O3S/c1-14(22-28(26,27)18-7-3-5-16(21)13-18)19(25)24-10-8-23(9-11-24)17-6-2-4-15(20)12-17/h2-7,12-14,22H,8-11H2,1H3/t14-/m1/s1. The first-order valence-corrected chi connectivity index (χ1v) is 11.1. The Kier molecular flexibility index (Phi) is 6.50. The van der Waals surface area contributed by atoms with Gasteiger partial charge in [-0.05, 0) is 43.3 Å². The molecule has 1 atom stereocenters. The van der Waals surface area contributed by atoms with Crippen molar-refractivity contribution in [2.45, 2.75) is 17.9 Å². The fourth-order valence-corrected chi connectivity index (χ4v) is 4.80. The zero-order valence-corrected chi connectivity index (χ0v) is 17.6. The number of amides is 1. The van der Waals surface area contributed by atoms with Crippen LogP contribution in [-0.2, 0) is 14.8 Å². The van der Waals surface area contributed by atoms with Crippen molar-refractivity contribution in [2.24, 2.45) is 0 Å². The molecule has 28 heavy (non-hydrogen) atoms. The van der Waals surface area contributed by atoms with Crippen molar-refractivity contribution in [2.75, 3.05) is 31.1 Å². The molecule has 0 aliphatic carbocycles. The monoisotopic (exact) mass is 441 g/mol. The van der Waals surface area contributed by atoms with Gasteiger partial charge in [0.05, 0.1) is 10.9 Å². The first-order chi connectivity index (χ1) is 13.3. The number of rotatable bonds is 5. The molecule has 1 saturated heterocycles. The van der Waals surface area contributed by atoms with E-state index in [9.17, 15) is 13.2 Å². The minimum Gasteiger partial charge on any atom is -0.368 e. The number of carbonyl (C=O) groups is 1. The van der Waals surface area contributed by atoms with Crippen molar-refractivity contribution in [3.63, 3.8) is 0 Å². The number of hydrogen-bond acceptors (Lipinski definition) is 4. The number of benzene rings is 2. The van der Waals surface area contributed by atoms with Gasteiger partial charge in [-0.25, -0.2) is 8.42 Å². The van der Waals surface area contributed by atoms with Gasteiger partial charge in [-0.1, -0.05) is 35.3 Å². The highest BCUT2D eigenvalue weighted by molar-refractivity contribution is 7.89. The van der Waals surface area contributed by atoms with E-state index >= 15 is 0 Å². The number of sulfonamides is 1. The van der Waals surface area contributed by atoms with Crippen molar-refractivity contribution in [1.29, 1.82) is 0 Å². The van der Waals surface area contributed by atoms with E-state index in [0.717, 1.165) is 5.69 Å². The van der Waals surface area contributed by atoms with Gasteiger partial charge in [0.15, 0.2) is 0 Å². The van der Waals surface area contributed by atoms with Crippen LogP contribution in [0.5, 0.6) is 0 Å². The number of halogens is 2. The van der Waals surface area contributed by atoms with Crippen LogP contribution in [0.25, 0.3) is 0 Å². The van der Waals surface area contributed by atoms with Crippen LogP contribution >= 0.6 is 23.2 Å². The van der Waals surface area contributed by atoms with Crippen LogP contribution in [0.3, 0.4) is 0 Å². The largest absolute Gasteiger partial charge is 0.368 e. The molecule has 0 radical (unpaired) electrons. The van der Waals surface area contributed by atoms with E-state index in [0.29, 0.717) is 36.2 Å². The molecular weight excluding hydrogens is 421 g/mol. The van der Waals surface area contributed by atoms with Gasteiger partial charge >= 0.3 is 0 Å². The van der Waals surface area contributed by atoms with E-state index in [2.05, 4.69) is 9.62 Å². The summed E-state index contributed by atoms with van der Waals surface area (Å²) in [5.41, 5.74) is 1.01. The van der Waals surface area contributed by atoms with Crippen LogP contribution in [0.1, 0.15) is 6.92 Å². The molecule has 0 bridgehead atoms. The molecule has 1 fully saturated rings. The highest BCUT2D eigenvalue weighted by Gasteiger charge is 2.28. The van der Waals surface area contributed by atoms with Gasteiger partial charge in [-0.15, -0.1) is 0 Å². The normalized spacial score (nSPS) is 16.1. The Morgan fingerprint density at radius 2 is 1.61 bits per heavy atom. The quantitative estimate of drug-likeness (QED) is 0.773. The predicted octanol–water partition coefficient (Wildman–Crippen LogP) is 3.01. The van der Waals surface area contributed by atoms with Gasteiger partial charge in [0.1, 0.15) is 0 Å². The highest BCUT2D eigenvalue weighted by Crippen LogP contribution is 2.21. The zero-order chi connectivity index (χ0) is 20.3. The second kappa shape index (κ2) is 8.69. The molecule has 1 aliphatic rings. The number of hydrogen-bond donors (Lipinski definition) is 1. The third kappa shape index (κ3) is 4.97. The summed E-state index contributed by atoms with van der Waals surface area (Å²) in [6.07, 6.45) is 0. The summed E-state index contributed by atoms with van der Waals surface area (Å²) in [4.78, 5) is 16.6. The summed E-state index contributed by atoms with van der Waals surface area (Å²) in [6.45, 7) is 3.87. The zero-order valence-electron chi connectivity index (χ0n) is 15.3. The smallest absolute Gasteiger partial charge is 0.241 e. The number of nitrogens with zero attached hydrogens (tertiary/aromatic N) is 2. The van der Waals surface area contributed by atoms with Crippen molar-refractivity contribution in [1.82, 2.24) is 9.62 Å². The van der Waals surface area contributed by atoms with E-state index in [4.69, 9.17) is 23.2 Å². The van der Waals surface area contributed by atoms with Crippen molar-refractivity contribution in [3.05, 3.63) is 58.6 Å². The first kappa shape index (κ1) is 20.9. The lowest BCUT2D eigenvalue weighted by atomic mass is 10.2. The maximum Gasteiger partial charge on any atom is 0.241 e. The number of piperazine rings is 1. The molecular formula is C19H21Cl2N3O3S. The fourth-order valence-electron chi connectivity index (χ4n) is 3.12. The van der Waals surface area contributed by atoms with Gasteiger partial charge in [0, 0.05) is 41.9 Å². The van der Waals surface area contributed by atoms with E-state index in [1.165, 1.54) is 12.1 Å². The van der Waals surface area contributed by atoms with Crippen LogP contribution in [0.2, 0.25) is 10.0 Å². The number of carbonyl (C=O) groups excluding carboxylic acids is 1. The summed E-state index contributed by atoms with van der Waals surface area (Å²) in [6, 6.07) is 12.6. The summed E-state index contributed by atoms with van der Waals surface area (Å²) in [5.74, 6) is -0.253. The Morgan fingerprint density at radius 3 is 2.21 bits per heavy atom. The van der Waals surface area contributed by atoms with Crippen LogP contribution < -0.4 is 9.62 Å². The maximum absolute atomic E-state index is 12.7. The van der Waals surface area contributed by atoms with E-state index in [1.54, 1.807) is 24.0 Å². The molecule has 0 aromatic heterocycles. The SMILES string of the molecule is C[C@@H](NS(=O)(=O)c1cccc(Cl)c1)C(=O)N1CCN(c2cccc(Cl)c2)CC1. The molecule has 9 heteroatoms. The first-order valence-electron chi connectivity index (χ1n) is 8.83. The average Bonchev–Trinajstić information content (AvgIpc) is 2.67. The molecule has 150 valence electrons. The van der Waals surface area contributed by atoms with E-state index < -0.39 is 16.1 Å². The van der Waals surface area contributed by atoms with Crippen molar-refractivity contribution >= 4 is 44.8 Å². The molecule has 1 N–H and O–H groups in total. The van der Waals surface area contributed by atoms with Crippen molar-refractivity contribution < 1.29 is 13.2 Å². The van der Waals surface area contributed by atoms with Gasteiger partial charge < -0.3 is 9.80 Å². The summed E-state index contributed by atoms with van der Waals surface area (Å²) in [5, 5.41) is 0.985. The lowest BCUT2D eigenvalue weighted by Gasteiger charge is -2.37. The molecule has 6 nitrogen and oxygen atoms in total. The number of nitrogens with one attached hydrogen (secondary N) is 1. The summed E-state index contributed by atoms with van der Waals surface area (Å²) in [7, 11) is -3.83. The molecule has 1 aliphatic heterocycles. The molecule has 1 amide bonds. The predicted molar refractivity (Wildman–Crippen MR) is 111 cm³/mol. The minimum atomic E-state index is -3.83. The number of anilines is 1. The highest BCUT2D eigenvalue weighted by atomic mass is 35.5. The molecule has 3 rings (SSSR count). The molecule has 1 heterocycles. The maximum atomic E-state index is 12.7. The second-order valence-electron chi connectivity index (χ2n) is 6.59. The van der Waals surface area contributed by atoms with Crippen LogP contribution in [0.15, 0.2) is 53.4 Å². The third-order valence-electron chi connectivity index (χ3n) is 4.57.